The number of aromatic nitrogens is 2. The van der Waals surface area contributed by atoms with E-state index in [0.29, 0.717) is 31.3 Å². The predicted octanol–water partition coefficient (Wildman–Crippen LogP) is 2.77. The molecule has 3 heterocycles. The number of rotatable bonds is 9. The van der Waals surface area contributed by atoms with Gasteiger partial charge in [0.25, 0.3) is 5.91 Å². The summed E-state index contributed by atoms with van der Waals surface area (Å²) in [7, 11) is 1.63. The fourth-order valence-corrected chi connectivity index (χ4v) is 3.57. The Morgan fingerprint density at radius 2 is 2.21 bits per heavy atom. The summed E-state index contributed by atoms with van der Waals surface area (Å²) in [6.45, 7) is 10.6. The zero-order valence-corrected chi connectivity index (χ0v) is 17.5. The van der Waals surface area contributed by atoms with Crippen LogP contribution in [-0.2, 0) is 30.8 Å². The Hall–Kier alpha value is -2.12. The third kappa shape index (κ3) is 5.02. The van der Waals surface area contributed by atoms with E-state index >= 15 is 0 Å². The minimum atomic E-state index is -0.118. The summed E-state index contributed by atoms with van der Waals surface area (Å²) in [6.07, 6.45) is 1.94. The Morgan fingerprint density at radius 1 is 1.39 bits per heavy atom. The van der Waals surface area contributed by atoms with Crippen LogP contribution >= 0.6 is 0 Å². The van der Waals surface area contributed by atoms with Crippen LogP contribution in [0.1, 0.15) is 53.5 Å². The lowest BCUT2D eigenvalue weighted by Crippen LogP contribution is -2.33. The maximum Gasteiger partial charge on any atom is 0.272 e. The number of hydrogen-bond acceptors (Lipinski definition) is 5. The van der Waals surface area contributed by atoms with Gasteiger partial charge in [-0.25, -0.2) is 0 Å². The van der Waals surface area contributed by atoms with Gasteiger partial charge in [0, 0.05) is 51.0 Å². The van der Waals surface area contributed by atoms with Gasteiger partial charge in [-0.15, -0.1) is 0 Å². The molecule has 7 heteroatoms. The molecule has 0 fully saturated rings. The number of carbonyl (C=O) groups is 1. The lowest BCUT2D eigenvalue weighted by atomic mass is 10.0. The van der Waals surface area contributed by atoms with E-state index in [1.165, 1.54) is 5.69 Å². The van der Waals surface area contributed by atoms with Crippen molar-refractivity contribution in [3.8, 4) is 0 Å². The molecular formula is C21H32N4O3. The summed E-state index contributed by atoms with van der Waals surface area (Å²) < 4.78 is 12.8. The molecule has 0 aliphatic carbocycles. The van der Waals surface area contributed by atoms with E-state index in [2.05, 4.69) is 28.7 Å². The van der Waals surface area contributed by atoms with Crippen LogP contribution < -0.4 is 5.32 Å². The molecule has 7 nitrogen and oxygen atoms in total. The molecule has 28 heavy (non-hydrogen) atoms. The highest BCUT2D eigenvalue weighted by Gasteiger charge is 2.28. The van der Waals surface area contributed by atoms with Gasteiger partial charge in [-0.2, -0.15) is 5.10 Å². The van der Waals surface area contributed by atoms with Crippen LogP contribution in [0.5, 0.6) is 0 Å². The number of carbonyl (C=O) groups excluding carboxylic acids is 1. The quantitative estimate of drug-likeness (QED) is 0.669. The van der Waals surface area contributed by atoms with Crippen molar-refractivity contribution in [2.75, 3.05) is 26.8 Å². The summed E-state index contributed by atoms with van der Waals surface area (Å²) in [5.41, 5.74) is 2.80. The molecule has 2 aromatic heterocycles. The van der Waals surface area contributed by atoms with Crippen LogP contribution in [0.2, 0.25) is 0 Å². The minimum absolute atomic E-state index is 0.118. The topological polar surface area (TPSA) is 72.5 Å². The van der Waals surface area contributed by atoms with Crippen molar-refractivity contribution in [3.63, 3.8) is 0 Å². The standard InChI is InChI=1S/C21H32N4O3/c1-15(2)7-11-25-19-8-10-24(13-17-6-5-16(3)28-17)14-18(19)20(23-25)21(26)22-9-12-27-4/h5-6,15H,7-14H2,1-4H3,(H,22,26). The number of nitrogens with zero attached hydrogens (tertiary/aromatic N) is 3. The average Bonchev–Trinajstić information content (AvgIpc) is 3.23. The van der Waals surface area contributed by atoms with Crippen LogP contribution in [0, 0.1) is 12.8 Å². The van der Waals surface area contributed by atoms with Crippen molar-refractivity contribution in [2.45, 2.75) is 53.2 Å². The summed E-state index contributed by atoms with van der Waals surface area (Å²) in [6, 6.07) is 4.01. The van der Waals surface area contributed by atoms with Crippen molar-refractivity contribution in [2.24, 2.45) is 5.92 Å². The highest BCUT2D eigenvalue weighted by molar-refractivity contribution is 5.94. The highest BCUT2D eigenvalue weighted by atomic mass is 16.5. The fourth-order valence-electron chi connectivity index (χ4n) is 3.57. The highest BCUT2D eigenvalue weighted by Crippen LogP contribution is 2.25. The van der Waals surface area contributed by atoms with Crippen molar-refractivity contribution in [3.05, 3.63) is 40.6 Å². The number of nitrogens with one attached hydrogen (secondary N) is 1. The second-order valence-electron chi connectivity index (χ2n) is 7.90. The molecule has 1 aliphatic rings. The van der Waals surface area contributed by atoms with E-state index in [1.54, 1.807) is 7.11 Å². The average molecular weight is 389 g/mol. The largest absolute Gasteiger partial charge is 0.465 e. The van der Waals surface area contributed by atoms with E-state index in [-0.39, 0.29) is 5.91 Å². The maximum absolute atomic E-state index is 12.7. The van der Waals surface area contributed by atoms with Crippen molar-refractivity contribution < 1.29 is 13.9 Å². The smallest absolute Gasteiger partial charge is 0.272 e. The lowest BCUT2D eigenvalue weighted by Gasteiger charge is -2.27. The number of fused-ring (bicyclic) bond motifs is 1. The van der Waals surface area contributed by atoms with Crippen LogP contribution in [0.15, 0.2) is 16.5 Å². The molecule has 1 amide bonds. The van der Waals surface area contributed by atoms with E-state index in [1.807, 2.05) is 19.1 Å². The monoisotopic (exact) mass is 388 g/mol. The third-order valence-electron chi connectivity index (χ3n) is 5.11. The fraction of sp³-hybridized carbons (Fsp3) is 0.619. The number of methoxy groups -OCH3 is 1. The molecule has 1 aliphatic heterocycles. The predicted molar refractivity (Wildman–Crippen MR) is 107 cm³/mol. The van der Waals surface area contributed by atoms with Gasteiger partial charge in [-0.1, -0.05) is 13.8 Å². The van der Waals surface area contributed by atoms with Crippen LogP contribution in [0.25, 0.3) is 0 Å². The zero-order chi connectivity index (χ0) is 20.1. The number of aryl methyl sites for hydroxylation is 2. The second-order valence-corrected chi connectivity index (χ2v) is 7.90. The Kier molecular flexibility index (Phi) is 6.91. The summed E-state index contributed by atoms with van der Waals surface area (Å²) in [5.74, 6) is 2.36. The van der Waals surface area contributed by atoms with E-state index in [4.69, 9.17) is 14.3 Å². The van der Waals surface area contributed by atoms with Gasteiger partial charge in [-0.05, 0) is 31.4 Å². The minimum Gasteiger partial charge on any atom is -0.465 e. The van der Waals surface area contributed by atoms with Gasteiger partial charge in [0.15, 0.2) is 5.69 Å². The number of ether oxygens (including phenoxy) is 1. The molecule has 0 saturated heterocycles. The number of furan rings is 1. The van der Waals surface area contributed by atoms with Crippen LogP contribution in [-0.4, -0.2) is 47.4 Å². The third-order valence-corrected chi connectivity index (χ3v) is 5.11. The van der Waals surface area contributed by atoms with Crippen LogP contribution in [0.4, 0.5) is 0 Å². The Bertz CT molecular complexity index is 794. The molecule has 0 saturated carbocycles. The maximum atomic E-state index is 12.7. The molecule has 0 atom stereocenters. The van der Waals surface area contributed by atoms with Gasteiger partial charge in [0.1, 0.15) is 11.5 Å². The molecule has 0 aromatic carbocycles. The zero-order valence-electron chi connectivity index (χ0n) is 17.5. The van der Waals surface area contributed by atoms with Gasteiger partial charge < -0.3 is 14.5 Å². The molecule has 0 radical (unpaired) electrons. The number of amides is 1. The first-order chi connectivity index (χ1) is 13.5. The summed E-state index contributed by atoms with van der Waals surface area (Å²) in [5, 5.41) is 7.62. The number of hydrogen-bond donors (Lipinski definition) is 1. The Balaban J connectivity index is 1.78. The van der Waals surface area contributed by atoms with E-state index in [0.717, 1.165) is 49.6 Å². The molecule has 2 aromatic rings. The lowest BCUT2D eigenvalue weighted by molar-refractivity contribution is 0.0929. The van der Waals surface area contributed by atoms with E-state index in [9.17, 15) is 4.79 Å². The van der Waals surface area contributed by atoms with Crippen molar-refractivity contribution >= 4 is 5.91 Å². The van der Waals surface area contributed by atoms with Crippen molar-refractivity contribution in [1.29, 1.82) is 0 Å². The van der Waals surface area contributed by atoms with E-state index < -0.39 is 0 Å². The summed E-state index contributed by atoms with van der Waals surface area (Å²) in [4.78, 5) is 15.1. The van der Waals surface area contributed by atoms with Gasteiger partial charge in [-0.3, -0.25) is 14.4 Å². The molecule has 1 N–H and O–H groups in total. The summed E-state index contributed by atoms with van der Waals surface area (Å²) >= 11 is 0. The Labute approximate surface area is 167 Å². The normalized spacial score (nSPS) is 14.5. The van der Waals surface area contributed by atoms with Gasteiger partial charge in [0.05, 0.1) is 13.2 Å². The van der Waals surface area contributed by atoms with Gasteiger partial charge in [0.2, 0.25) is 0 Å². The molecule has 0 unspecified atom stereocenters. The second kappa shape index (κ2) is 9.39. The first-order valence-corrected chi connectivity index (χ1v) is 10.1. The molecular weight excluding hydrogens is 356 g/mol. The molecule has 3 rings (SSSR count). The van der Waals surface area contributed by atoms with Crippen molar-refractivity contribution in [1.82, 2.24) is 20.0 Å². The van der Waals surface area contributed by atoms with Gasteiger partial charge >= 0.3 is 0 Å². The first-order valence-electron chi connectivity index (χ1n) is 10.1. The Morgan fingerprint density at radius 3 is 2.89 bits per heavy atom. The SMILES string of the molecule is COCCNC(=O)c1nn(CCC(C)C)c2c1CN(Cc1ccc(C)o1)CC2. The molecule has 0 spiro atoms. The first kappa shape index (κ1) is 20.6. The van der Waals surface area contributed by atoms with Crippen LogP contribution in [0.3, 0.4) is 0 Å². The molecule has 0 bridgehead atoms. The molecule has 154 valence electrons.